The first-order chi connectivity index (χ1) is 9.70. The van der Waals surface area contributed by atoms with E-state index in [1.54, 1.807) is 0 Å². The van der Waals surface area contributed by atoms with E-state index < -0.39 is 0 Å². The van der Waals surface area contributed by atoms with Gasteiger partial charge in [-0.2, -0.15) is 0 Å². The zero-order valence-electron chi connectivity index (χ0n) is 13.9. The molecule has 0 fully saturated rings. The van der Waals surface area contributed by atoms with Crippen molar-refractivity contribution in [1.29, 1.82) is 0 Å². The third-order valence-corrected chi connectivity index (χ3v) is 4.08. The van der Waals surface area contributed by atoms with E-state index in [1.165, 1.54) is 57.8 Å². The van der Waals surface area contributed by atoms with Gasteiger partial charge in [-0.25, -0.2) is 0 Å². The van der Waals surface area contributed by atoms with Gasteiger partial charge in [0, 0.05) is 0 Å². The zero-order valence-corrected chi connectivity index (χ0v) is 13.9. The Morgan fingerprint density at radius 2 is 0.900 bits per heavy atom. The van der Waals surface area contributed by atoms with Crippen molar-refractivity contribution in [2.75, 3.05) is 0 Å². The molecule has 0 radical (unpaired) electrons. The summed E-state index contributed by atoms with van der Waals surface area (Å²) in [5.41, 5.74) is 0. The van der Waals surface area contributed by atoms with Gasteiger partial charge in [-0.05, 0) is 19.3 Å². The molecule has 0 heterocycles. The number of hydrogen-bond acceptors (Lipinski definition) is 2. The Labute approximate surface area is 127 Å². The van der Waals surface area contributed by atoms with Gasteiger partial charge < -0.3 is 10.2 Å². The topological polar surface area (TPSA) is 40.5 Å². The van der Waals surface area contributed by atoms with Gasteiger partial charge in [0.2, 0.25) is 0 Å². The van der Waals surface area contributed by atoms with E-state index in [-0.39, 0.29) is 12.2 Å². The second-order valence-corrected chi connectivity index (χ2v) is 6.30. The molecule has 0 saturated carbocycles. The van der Waals surface area contributed by atoms with Crippen LogP contribution < -0.4 is 0 Å². The van der Waals surface area contributed by atoms with Crippen LogP contribution in [0.1, 0.15) is 104 Å². The van der Waals surface area contributed by atoms with Crippen LogP contribution in [0, 0.1) is 0 Å². The third-order valence-electron chi connectivity index (χ3n) is 4.08. The molecule has 0 amide bonds. The Morgan fingerprint density at radius 1 is 0.550 bits per heavy atom. The molecule has 0 aromatic rings. The van der Waals surface area contributed by atoms with Gasteiger partial charge in [0.25, 0.3) is 0 Å². The van der Waals surface area contributed by atoms with Crippen LogP contribution >= 0.6 is 0 Å². The van der Waals surface area contributed by atoms with E-state index in [2.05, 4.69) is 13.8 Å². The fourth-order valence-electron chi connectivity index (χ4n) is 2.69. The highest BCUT2D eigenvalue weighted by Crippen LogP contribution is 2.14. The molecule has 0 aliphatic rings. The normalized spacial score (nSPS) is 14.4. The monoisotopic (exact) mass is 286 g/mol. The summed E-state index contributed by atoms with van der Waals surface area (Å²) in [5.74, 6) is 0. The van der Waals surface area contributed by atoms with Crippen LogP contribution in [0.2, 0.25) is 0 Å². The maximum absolute atomic E-state index is 9.89. The molecule has 0 bridgehead atoms. The molecule has 122 valence electrons. The van der Waals surface area contributed by atoms with E-state index in [4.69, 9.17) is 0 Å². The highest BCUT2D eigenvalue weighted by Gasteiger charge is 2.11. The maximum atomic E-state index is 9.89. The second kappa shape index (κ2) is 15.3. The van der Waals surface area contributed by atoms with Gasteiger partial charge in [-0.1, -0.05) is 84.5 Å². The average Bonchev–Trinajstić information content (AvgIpc) is 2.42. The van der Waals surface area contributed by atoms with Crippen molar-refractivity contribution in [3.8, 4) is 0 Å². The molecule has 2 nitrogen and oxygen atoms in total. The lowest BCUT2D eigenvalue weighted by Crippen LogP contribution is -2.17. The molecule has 2 unspecified atom stereocenters. The Bertz CT molecular complexity index is 182. The van der Waals surface area contributed by atoms with Crippen molar-refractivity contribution >= 4 is 0 Å². The first kappa shape index (κ1) is 19.9. The highest BCUT2D eigenvalue weighted by atomic mass is 16.3. The Hall–Kier alpha value is -0.0800. The lowest BCUT2D eigenvalue weighted by atomic mass is 10.0. The molecule has 0 aliphatic carbocycles. The number of rotatable bonds is 15. The van der Waals surface area contributed by atoms with Crippen molar-refractivity contribution in [3.05, 3.63) is 0 Å². The van der Waals surface area contributed by atoms with Crippen LogP contribution in [0.5, 0.6) is 0 Å². The van der Waals surface area contributed by atoms with E-state index in [9.17, 15) is 10.2 Å². The van der Waals surface area contributed by atoms with Crippen LogP contribution in [0.15, 0.2) is 0 Å². The first-order valence-corrected chi connectivity index (χ1v) is 9.06. The van der Waals surface area contributed by atoms with Crippen LogP contribution in [0.4, 0.5) is 0 Å². The number of aliphatic hydroxyl groups is 2. The van der Waals surface area contributed by atoms with Gasteiger partial charge in [-0.15, -0.1) is 0 Å². The fourth-order valence-corrected chi connectivity index (χ4v) is 2.69. The summed E-state index contributed by atoms with van der Waals surface area (Å²) in [6.07, 6.45) is 15.6. The molecule has 2 atom stereocenters. The summed E-state index contributed by atoms with van der Waals surface area (Å²) in [6, 6.07) is 0. The quantitative estimate of drug-likeness (QED) is 0.406. The zero-order chi connectivity index (χ0) is 15.1. The Morgan fingerprint density at radius 3 is 1.40 bits per heavy atom. The Balaban J connectivity index is 3.29. The van der Waals surface area contributed by atoms with Crippen molar-refractivity contribution in [3.63, 3.8) is 0 Å². The van der Waals surface area contributed by atoms with E-state index in [1.807, 2.05) is 0 Å². The average molecular weight is 287 g/mol. The lowest BCUT2D eigenvalue weighted by molar-refractivity contribution is 0.0681. The minimum Gasteiger partial charge on any atom is -0.393 e. The number of hydrogen-bond donors (Lipinski definition) is 2. The second-order valence-electron chi connectivity index (χ2n) is 6.30. The largest absolute Gasteiger partial charge is 0.393 e. The van der Waals surface area contributed by atoms with Crippen LogP contribution in [0.25, 0.3) is 0 Å². The van der Waals surface area contributed by atoms with Crippen molar-refractivity contribution in [2.45, 2.75) is 116 Å². The van der Waals surface area contributed by atoms with Gasteiger partial charge in [0.05, 0.1) is 12.2 Å². The summed E-state index contributed by atoms with van der Waals surface area (Å²) in [7, 11) is 0. The molecule has 0 rings (SSSR count). The highest BCUT2D eigenvalue weighted by molar-refractivity contribution is 4.64. The molecule has 2 N–H and O–H groups in total. The molecule has 0 aromatic heterocycles. The lowest BCUT2D eigenvalue weighted by Gasteiger charge is -2.15. The SMILES string of the molecule is CCCCCCCCCCC(O)CC(O)CCCCC. The summed E-state index contributed by atoms with van der Waals surface area (Å²) in [4.78, 5) is 0. The summed E-state index contributed by atoms with van der Waals surface area (Å²) in [6.45, 7) is 4.42. The fraction of sp³-hybridized carbons (Fsp3) is 1.00. The van der Waals surface area contributed by atoms with Crippen LogP contribution in [-0.4, -0.2) is 22.4 Å². The minimum absolute atomic E-state index is 0.299. The molecule has 0 aromatic carbocycles. The van der Waals surface area contributed by atoms with Crippen LogP contribution in [0.3, 0.4) is 0 Å². The predicted octanol–water partition coefficient (Wildman–Crippen LogP) is 5.21. The molecule has 0 aliphatic heterocycles. The first-order valence-electron chi connectivity index (χ1n) is 9.06. The molecule has 2 heteroatoms. The maximum Gasteiger partial charge on any atom is 0.0564 e. The van der Waals surface area contributed by atoms with Crippen molar-refractivity contribution < 1.29 is 10.2 Å². The Kier molecular flexibility index (Phi) is 15.3. The van der Waals surface area contributed by atoms with Gasteiger partial charge in [0.1, 0.15) is 0 Å². The van der Waals surface area contributed by atoms with Crippen molar-refractivity contribution in [2.24, 2.45) is 0 Å². The smallest absolute Gasteiger partial charge is 0.0564 e. The molecular formula is C18H38O2. The molecule has 0 spiro atoms. The predicted molar refractivity (Wildman–Crippen MR) is 88.0 cm³/mol. The van der Waals surface area contributed by atoms with E-state index in [0.717, 1.165) is 25.7 Å². The minimum atomic E-state index is -0.300. The number of aliphatic hydroxyl groups excluding tert-OH is 2. The summed E-state index contributed by atoms with van der Waals surface area (Å²) < 4.78 is 0. The van der Waals surface area contributed by atoms with Gasteiger partial charge >= 0.3 is 0 Å². The molecular weight excluding hydrogens is 248 g/mol. The van der Waals surface area contributed by atoms with E-state index in [0.29, 0.717) is 6.42 Å². The standard InChI is InChI=1S/C18H38O2/c1-3-5-7-8-9-10-11-13-15-18(20)16-17(19)14-12-6-4-2/h17-20H,3-16H2,1-2H3. The van der Waals surface area contributed by atoms with Crippen LogP contribution in [-0.2, 0) is 0 Å². The summed E-state index contributed by atoms with van der Waals surface area (Å²) >= 11 is 0. The third kappa shape index (κ3) is 14.3. The molecule has 0 saturated heterocycles. The van der Waals surface area contributed by atoms with Gasteiger partial charge in [-0.3, -0.25) is 0 Å². The number of unbranched alkanes of at least 4 members (excludes halogenated alkanes) is 9. The van der Waals surface area contributed by atoms with Crippen molar-refractivity contribution in [1.82, 2.24) is 0 Å². The molecule has 20 heavy (non-hydrogen) atoms. The van der Waals surface area contributed by atoms with Gasteiger partial charge in [0.15, 0.2) is 0 Å². The van der Waals surface area contributed by atoms with E-state index >= 15 is 0 Å². The summed E-state index contributed by atoms with van der Waals surface area (Å²) in [5, 5.41) is 19.7.